The van der Waals surface area contributed by atoms with E-state index in [1.165, 1.54) is 0 Å². The van der Waals surface area contributed by atoms with Gasteiger partial charge in [-0.2, -0.15) is 0 Å². The van der Waals surface area contributed by atoms with E-state index in [4.69, 9.17) is 15.0 Å². The lowest BCUT2D eigenvalue weighted by Crippen LogP contribution is -2.10. The summed E-state index contributed by atoms with van der Waals surface area (Å²) in [7, 11) is 0. The molecule has 0 aromatic carbocycles. The van der Waals surface area contributed by atoms with Crippen molar-refractivity contribution in [2.24, 2.45) is 5.73 Å². The Hall–Kier alpha value is -0.870. The first-order valence-corrected chi connectivity index (χ1v) is 4.66. The molecule has 0 atom stereocenters. The number of hydrogen-bond donors (Lipinski definition) is 1. The van der Waals surface area contributed by atoms with Crippen molar-refractivity contribution in [2.45, 2.75) is 25.9 Å². The third-order valence-electron chi connectivity index (χ3n) is 2.29. The number of rotatable bonds is 3. The van der Waals surface area contributed by atoms with Gasteiger partial charge in [-0.25, -0.2) is 0 Å². The van der Waals surface area contributed by atoms with Gasteiger partial charge in [0.15, 0.2) is 0 Å². The van der Waals surface area contributed by atoms with Crippen molar-refractivity contribution in [3.8, 4) is 0 Å². The van der Waals surface area contributed by atoms with Gasteiger partial charge in [0.2, 0.25) is 0 Å². The van der Waals surface area contributed by atoms with Gasteiger partial charge in [-0.3, -0.25) is 0 Å². The molecular formula is C9H14N2O2. The van der Waals surface area contributed by atoms with Crippen LogP contribution in [0.4, 0.5) is 0 Å². The monoisotopic (exact) mass is 182 g/mol. The molecule has 0 amide bonds. The maximum absolute atomic E-state index is 5.43. The average molecular weight is 182 g/mol. The van der Waals surface area contributed by atoms with Crippen LogP contribution in [0.3, 0.4) is 0 Å². The fourth-order valence-electron chi connectivity index (χ4n) is 1.54. The highest BCUT2D eigenvalue weighted by atomic mass is 16.5. The number of nitrogens with zero attached hydrogens (tertiary/aromatic N) is 1. The topological polar surface area (TPSA) is 61.3 Å². The lowest BCUT2D eigenvalue weighted by atomic mass is 10.1. The highest BCUT2D eigenvalue weighted by molar-refractivity contribution is 5.23. The summed E-state index contributed by atoms with van der Waals surface area (Å²) < 4.78 is 10.6. The Morgan fingerprint density at radius 3 is 3.23 bits per heavy atom. The normalized spacial score (nSPS) is 15.8. The molecule has 0 saturated heterocycles. The molecule has 1 aliphatic rings. The van der Waals surface area contributed by atoms with E-state index in [0.717, 1.165) is 42.9 Å². The molecule has 0 radical (unpaired) electrons. The van der Waals surface area contributed by atoms with Crippen molar-refractivity contribution in [3.63, 3.8) is 0 Å². The molecule has 13 heavy (non-hydrogen) atoms. The summed E-state index contributed by atoms with van der Waals surface area (Å²) in [5, 5.41) is 4.01. The first kappa shape index (κ1) is 8.72. The molecule has 0 fully saturated rings. The standard InChI is InChI=1S/C9H14N2O2/c10-4-1-2-9-7-6-12-5-3-8(7)11-13-9/h1-6,10H2. The fraction of sp³-hybridized carbons (Fsp3) is 0.667. The smallest absolute Gasteiger partial charge is 0.142 e. The summed E-state index contributed by atoms with van der Waals surface area (Å²) in [6.45, 7) is 2.10. The minimum Gasteiger partial charge on any atom is -0.376 e. The second-order valence-corrected chi connectivity index (χ2v) is 3.23. The van der Waals surface area contributed by atoms with Crippen molar-refractivity contribution in [1.82, 2.24) is 5.16 Å². The number of ether oxygens (including phenoxy) is 1. The Labute approximate surface area is 77.0 Å². The highest BCUT2D eigenvalue weighted by Crippen LogP contribution is 2.20. The largest absolute Gasteiger partial charge is 0.376 e. The van der Waals surface area contributed by atoms with Crippen LogP contribution in [0, 0.1) is 0 Å². The van der Waals surface area contributed by atoms with E-state index < -0.39 is 0 Å². The average Bonchev–Trinajstić information content (AvgIpc) is 2.58. The van der Waals surface area contributed by atoms with Crippen molar-refractivity contribution in [2.75, 3.05) is 13.2 Å². The van der Waals surface area contributed by atoms with Crippen molar-refractivity contribution in [3.05, 3.63) is 17.0 Å². The molecule has 0 bridgehead atoms. The van der Waals surface area contributed by atoms with Gasteiger partial charge in [-0.05, 0) is 13.0 Å². The van der Waals surface area contributed by atoms with Gasteiger partial charge < -0.3 is 15.0 Å². The molecule has 72 valence electrons. The van der Waals surface area contributed by atoms with E-state index >= 15 is 0 Å². The van der Waals surface area contributed by atoms with E-state index in [0.29, 0.717) is 13.2 Å². The van der Waals surface area contributed by atoms with E-state index in [2.05, 4.69) is 5.16 Å². The van der Waals surface area contributed by atoms with E-state index in [9.17, 15) is 0 Å². The molecular weight excluding hydrogens is 168 g/mol. The van der Waals surface area contributed by atoms with Crippen LogP contribution < -0.4 is 5.73 Å². The zero-order chi connectivity index (χ0) is 9.10. The van der Waals surface area contributed by atoms with Crippen LogP contribution in [0.2, 0.25) is 0 Å². The van der Waals surface area contributed by atoms with Crippen LogP contribution in [0.1, 0.15) is 23.4 Å². The van der Waals surface area contributed by atoms with Crippen LogP contribution in [0.5, 0.6) is 0 Å². The maximum atomic E-state index is 5.43. The summed E-state index contributed by atoms with van der Waals surface area (Å²) in [6.07, 6.45) is 2.70. The van der Waals surface area contributed by atoms with Crippen LogP contribution in [0.15, 0.2) is 4.52 Å². The van der Waals surface area contributed by atoms with E-state index in [1.807, 2.05) is 0 Å². The Bertz CT molecular complexity index is 283. The summed E-state index contributed by atoms with van der Waals surface area (Å²) >= 11 is 0. The fourth-order valence-corrected chi connectivity index (χ4v) is 1.54. The predicted octanol–water partition coefficient (Wildman–Crippen LogP) is 0.639. The molecule has 2 heterocycles. The molecule has 1 aromatic heterocycles. The highest BCUT2D eigenvalue weighted by Gasteiger charge is 2.18. The Kier molecular flexibility index (Phi) is 2.61. The third kappa shape index (κ3) is 1.73. The van der Waals surface area contributed by atoms with Gasteiger partial charge >= 0.3 is 0 Å². The van der Waals surface area contributed by atoms with Crippen LogP contribution >= 0.6 is 0 Å². The Balaban J connectivity index is 2.12. The minimum atomic E-state index is 0.652. The quantitative estimate of drug-likeness (QED) is 0.745. The second-order valence-electron chi connectivity index (χ2n) is 3.23. The van der Waals surface area contributed by atoms with Crippen LogP contribution in [-0.2, 0) is 24.2 Å². The van der Waals surface area contributed by atoms with E-state index in [-0.39, 0.29) is 0 Å². The molecule has 1 aliphatic heterocycles. The SMILES string of the molecule is NCCCc1onc2c1COCC2. The molecule has 1 aromatic rings. The molecule has 0 aliphatic carbocycles. The summed E-state index contributed by atoms with van der Waals surface area (Å²) in [4.78, 5) is 0. The molecule has 0 spiro atoms. The number of fused-ring (bicyclic) bond motifs is 1. The Morgan fingerprint density at radius 2 is 2.38 bits per heavy atom. The summed E-state index contributed by atoms with van der Waals surface area (Å²) in [6, 6.07) is 0. The van der Waals surface area contributed by atoms with Crippen LogP contribution in [-0.4, -0.2) is 18.3 Å². The van der Waals surface area contributed by atoms with Gasteiger partial charge in [0, 0.05) is 18.4 Å². The van der Waals surface area contributed by atoms with Gasteiger partial charge in [0.25, 0.3) is 0 Å². The first-order valence-electron chi connectivity index (χ1n) is 4.66. The van der Waals surface area contributed by atoms with Gasteiger partial charge in [-0.1, -0.05) is 5.16 Å². The van der Waals surface area contributed by atoms with Gasteiger partial charge in [-0.15, -0.1) is 0 Å². The van der Waals surface area contributed by atoms with E-state index in [1.54, 1.807) is 0 Å². The van der Waals surface area contributed by atoms with Crippen molar-refractivity contribution >= 4 is 0 Å². The Morgan fingerprint density at radius 1 is 1.46 bits per heavy atom. The van der Waals surface area contributed by atoms with Crippen molar-refractivity contribution < 1.29 is 9.26 Å². The lowest BCUT2D eigenvalue weighted by molar-refractivity contribution is 0.109. The summed E-state index contributed by atoms with van der Waals surface area (Å²) in [5.74, 6) is 0.958. The zero-order valence-electron chi connectivity index (χ0n) is 7.58. The lowest BCUT2D eigenvalue weighted by Gasteiger charge is -2.10. The molecule has 4 nitrogen and oxygen atoms in total. The third-order valence-corrected chi connectivity index (χ3v) is 2.29. The predicted molar refractivity (Wildman–Crippen MR) is 47.2 cm³/mol. The molecule has 0 unspecified atom stereocenters. The minimum absolute atomic E-state index is 0.652. The number of hydrogen-bond acceptors (Lipinski definition) is 4. The van der Waals surface area contributed by atoms with Gasteiger partial charge in [0.05, 0.1) is 18.9 Å². The number of nitrogens with two attached hydrogens (primary N) is 1. The molecule has 4 heteroatoms. The molecule has 2 rings (SSSR count). The maximum Gasteiger partial charge on any atom is 0.142 e. The first-order chi connectivity index (χ1) is 6.42. The number of aromatic nitrogens is 1. The summed E-state index contributed by atoms with van der Waals surface area (Å²) in [5.41, 5.74) is 7.65. The zero-order valence-corrected chi connectivity index (χ0v) is 7.58. The molecule has 2 N–H and O–H groups in total. The van der Waals surface area contributed by atoms with Gasteiger partial charge in [0.1, 0.15) is 5.76 Å². The number of aryl methyl sites for hydroxylation is 1. The molecule has 0 saturated carbocycles. The second kappa shape index (κ2) is 3.89. The van der Waals surface area contributed by atoms with Crippen molar-refractivity contribution in [1.29, 1.82) is 0 Å². The van der Waals surface area contributed by atoms with Crippen LogP contribution in [0.25, 0.3) is 0 Å².